The van der Waals surface area contributed by atoms with Crippen molar-refractivity contribution >= 4 is 23.5 Å². The molecule has 26 heavy (non-hydrogen) atoms. The Labute approximate surface area is 166 Å². The maximum absolute atomic E-state index is 3.81. The fourth-order valence-electron chi connectivity index (χ4n) is 4.18. The summed E-state index contributed by atoms with van der Waals surface area (Å²) in [6.45, 7) is 1.18. The molecule has 2 aliphatic rings. The first-order valence-electron chi connectivity index (χ1n) is 10.1. The largest absolute Gasteiger partial charge is 0.314 e. The van der Waals surface area contributed by atoms with Crippen LogP contribution >= 0.6 is 23.5 Å². The first-order valence-corrected chi connectivity index (χ1v) is 12.0. The lowest BCUT2D eigenvalue weighted by atomic mass is 9.88. The van der Waals surface area contributed by atoms with Gasteiger partial charge in [-0.25, -0.2) is 0 Å². The van der Waals surface area contributed by atoms with E-state index in [9.17, 15) is 0 Å². The minimum atomic E-state index is 0.691. The summed E-state index contributed by atoms with van der Waals surface area (Å²) >= 11 is 4.07. The van der Waals surface area contributed by atoms with Crippen LogP contribution in [0.15, 0.2) is 58.3 Å². The minimum Gasteiger partial charge on any atom is -0.314 e. The number of rotatable bonds is 5. The van der Waals surface area contributed by atoms with Crippen molar-refractivity contribution in [1.29, 1.82) is 0 Å². The van der Waals surface area contributed by atoms with Gasteiger partial charge in [-0.2, -0.15) is 11.8 Å². The van der Waals surface area contributed by atoms with Gasteiger partial charge in [0, 0.05) is 15.8 Å². The Hall–Kier alpha value is -0.900. The monoisotopic (exact) mass is 383 g/mol. The molecule has 0 aromatic heterocycles. The van der Waals surface area contributed by atoms with Crippen LogP contribution in [0.2, 0.25) is 0 Å². The van der Waals surface area contributed by atoms with Crippen molar-refractivity contribution in [2.24, 2.45) is 0 Å². The van der Waals surface area contributed by atoms with E-state index in [-0.39, 0.29) is 0 Å². The van der Waals surface area contributed by atoms with Crippen LogP contribution in [0.25, 0.3) is 0 Å². The van der Waals surface area contributed by atoms with Crippen molar-refractivity contribution in [3.63, 3.8) is 0 Å². The lowest BCUT2D eigenvalue weighted by Crippen LogP contribution is -2.33. The molecule has 1 nitrogen and oxygen atoms in total. The number of thioether (sulfide) groups is 1. The normalized spacial score (nSPS) is 20.7. The summed E-state index contributed by atoms with van der Waals surface area (Å²) < 4.78 is 0. The van der Waals surface area contributed by atoms with E-state index in [0.29, 0.717) is 5.92 Å². The molecule has 2 aromatic carbocycles. The topological polar surface area (TPSA) is 12.0 Å². The van der Waals surface area contributed by atoms with Gasteiger partial charge in [0.15, 0.2) is 0 Å². The second kappa shape index (κ2) is 9.34. The Morgan fingerprint density at radius 2 is 1.65 bits per heavy atom. The molecule has 0 spiro atoms. The minimum absolute atomic E-state index is 0.691. The molecule has 2 aromatic rings. The molecule has 0 amide bonds. The zero-order valence-corrected chi connectivity index (χ0v) is 17.1. The zero-order chi connectivity index (χ0) is 17.6. The van der Waals surface area contributed by atoms with Gasteiger partial charge in [-0.15, -0.1) is 0 Å². The Balaban J connectivity index is 1.40. The molecule has 0 saturated carbocycles. The van der Waals surface area contributed by atoms with Gasteiger partial charge < -0.3 is 5.32 Å². The molecule has 0 radical (unpaired) electrons. The second-order valence-corrected chi connectivity index (χ2v) is 9.77. The predicted octanol–water partition coefficient (Wildman–Crippen LogP) is 6.13. The van der Waals surface area contributed by atoms with Gasteiger partial charge in [-0.1, -0.05) is 48.2 Å². The Morgan fingerprint density at radius 1 is 0.885 bits per heavy atom. The second-order valence-electron chi connectivity index (χ2n) is 7.47. The fourth-order valence-corrected chi connectivity index (χ4v) is 6.47. The highest BCUT2D eigenvalue weighted by Gasteiger charge is 2.20. The van der Waals surface area contributed by atoms with Crippen molar-refractivity contribution in [2.75, 3.05) is 18.1 Å². The SMILES string of the molecule is c1ccc2c(c1)CCC(CCCNC1CCSCC1)c1ccccc1S2. The van der Waals surface area contributed by atoms with Gasteiger partial charge in [0.25, 0.3) is 0 Å². The number of nitrogens with one attached hydrogen (secondary N) is 1. The van der Waals surface area contributed by atoms with Crippen molar-refractivity contribution in [3.05, 3.63) is 59.7 Å². The summed E-state index contributed by atoms with van der Waals surface area (Å²) in [6, 6.07) is 18.8. The van der Waals surface area contributed by atoms with E-state index in [2.05, 4.69) is 65.6 Å². The Bertz CT molecular complexity index is 709. The summed E-state index contributed by atoms with van der Waals surface area (Å²) in [6.07, 6.45) is 7.77. The molecule has 4 rings (SSSR count). The van der Waals surface area contributed by atoms with Gasteiger partial charge in [0.2, 0.25) is 0 Å². The van der Waals surface area contributed by atoms with Crippen LogP contribution in [0, 0.1) is 0 Å². The maximum Gasteiger partial charge on any atom is 0.0157 e. The molecule has 2 aliphatic heterocycles. The van der Waals surface area contributed by atoms with E-state index >= 15 is 0 Å². The van der Waals surface area contributed by atoms with Gasteiger partial charge in [0.05, 0.1) is 0 Å². The molecular formula is C23H29NS2. The van der Waals surface area contributed by atoms with E-state index < -0.39 is 0 Å². The van der Waals surface area contributed by atoms with Crippen molar-refractivity contribution < 1.29 is 0 Å². The number of hydrogen-bond acceptors (Lipinski definition) is 3. The first-order chi connectivity index (χ1) is 12.9. The fraction of sp³-hybridized carbons (Fsp3) is 0.478. The van der Waals surface area contributed by atoms with Gasteiger partial charge in [-0.05, 0) is 85.8 Å². The summed E-state index contributed by atoms with van der Waals surface area (Å²) in [4.78, 5) is 2.90. The average Bonchev–Trinajstić information content (AvgIpc) is 2.68. The number of fused-ring (bicyclic) bond motifs is 2. The van der Waals surface area contributed by atoms with Crippen LogP contribution in [-0.4, -0.2) is 24.1 Å². The molecule has 0 aliphatic carbocycles. The van der Waals surface area contributed by atoms with Crippen LogP contribution in [-0.2, 0) is 6.42 Å². The molecule has 1 fully saturated rings. The molecule has 1 saturated heterocycles. The number of hydrogen-bond donors (Lipinski definition) is 1. The van der Waals surface area contributed by atoms with E-state index in [4.69, 9.17) is 0 Å². The predicted molar refractivity (Wildman–Crippen MR) is 116 cm³/mol. The van der Waals surface area contributed by atoms with E-state index in [1.165, 1.54) is 71.9 Å². The molecule has 1 N–H and O–H groups in total. The summed E-state index contributed by atoms with van der Waals surface area (Å²) in [7, 11) is 0. The first kappa shape index (κ1) is 18.5. The third kappa shape index (κ3) is 4.68. The van der Waals surface area contributed by atoms with Crippen LogP contribution in [0.5, 0.6) is 0 Å². The van der Waals surface area contributed by atoms with E-state index in [0.717, 1.165) is 6.04 Å². The third-order valence-corrected chi connectivity index (χ3v) is 7.96. The summed E-state index contributed by atoms with van der Waals surface area (Å²) in [5.41, 5.74) is 3.09. The maximum atomic E-state index is 3.81. The molecule has 2 heterocycles. The van der Waals surface area contributed by atoms with Gasteiger partial charge >= 0.3 is 0 Å². The van der Waals surface area contributed by atoms with Crippen molar-refractivity contribution in [1.82, 2.24) is 5.32 Å². The van der Waals surface area contributed by atoms with Crippen molar-refractivity contribution in [3.8, 4) is 0 Å². The third-order valence-electron chi connectivity index (χ3n) is 5.70. The number of aryl methyl sites for hydroxylation is 1. The Morgan fingerprint density at radius 3 is 2.54 bits per heavy atom. The van der Waals surface area contributed by atoms with Crippen LogP contribution in [0.1, 0.15) is 49.1 Å². The van der Waals surface area contributed by atoms with Crippen LogP contribution < -0.4 is 5.32 Å². The van der Waals surface area contributed by atoms with Gasteiger partial charge in [-0.3, -0.25) is 0 Å². The lowest BCUT2D eigenvalue weighted by Gasteiger charge is -2.25. The molecule has 3 heteroatoms. The average molecular weight is 384 g/mol. The molecular weight excluding hydrogens is 354 g/mol. The molecule has 138 valence electrons. The molecule has 1 atom stereocenters. The van der Waals surface area contributed by atoms with E-state index in [1.807, 2.05) is 11.8 Å². The smallest absolute Gasteiger partial charge is 0.0157 e. The molecule has 0 bridgehead atoms. The highest BCUT2D eigenvalue weighted by molar-refractivity contribution is 7.99. The van der Waals surface area contributed by atoms with E-state index in [1.54, 1.807) is 5.56 Å². The van der Waals surface area contributed by atoms with Crippen LogP contribution in [0.4, 0.5) is 0 Å². The summed E-state index contributed by atoms with van der Waals surface area (Å²) in [5, 5.41) is 3.81. The zero-order valence-electron chi connectivity index (χ0n) is 15.5. The molecule has 1 unspecified atom stereocenters. The Kier molecular flexibility index (Phi) is 6.63. The highest BCUT2D eigenvalue weighted by atomic mass is 32.2. The highest BCUT2D eigenvalue weighted by Crippen LogP contribution is 2.41. The van der Waals surface area contributed by atoms with Crippen molar-refractivity contribution in [2.45, 2.75) is 60.3 Å². The standard InChI is InChI=1S/C23H29NS2/c1-3-9-22-19(6-1)12-11-18(21-8-2-4-10-23(21)26-22)7-5-15-24-20-13-16-25-17-14-20/h1-4,6,8-10,18,20,24H,5,7,11-17H2. The summed E-state index contributed by atoms with van der Waals surface area (Å²) in [5.74, 6) is 3.37. The number of benzene rings is 2. The lowest BCUT2D eigenvalue weighted by molar-refractivity contribution is 0.454. The quantitative estimate of drug-likeness (QED) is 0.623. The van der Waals surface area contributed by atoms with Crippen LogP contribution in [0.3, 0.4) is 0 Å². The van der Waals surface area contributed by atoms with Gasteiger partial charge in [0.1, 0.15) is 0 Å².